The summed E-state index contributed by atoms with van der Waals surface area (Å²) in [5.74, 6) is -1.41. The lowest BCUT2D eigenvalue weighted by molar-refractivity contribution is -0.295. The fourth-order valence-corrected chi connectivity index (χ4v) is 8.48. The standard InChI is InChI=1S/C39H66N4O7/c1-11-17-43-23-26(2)21-39(7,47-10)35(50-36-33(44)32(41(8)9)20-27(3)49-36)28(4)34(45)38(5,6)37(46)48-25-31(43)13-12-18-42-19-15-29-22-40-16-14-30(29)24-42/h14,16,22,26-28,31-33,35-36,44H,11-13,15,17-21,23-25H2,1-10H3/t26-,27-,28+,31-,32+,33-,35-,36+,39-/m1/s1. The third-order valence-corrected chi connectivity index (χ3v) is 11.5. The molecule has 50 heavy (non-hydrogen) atoms. The Morgan fingerprint density at radius 3 is 2.54 bits per heavy atom. The highest BCUT2D eigenvalue weighted by Gasteiger charge is 2.51. The second-order valence-electron chi connectivity index (χ2n) is 16.3. The summed E-state index contributed by atoms with van der Waals surface area (Å²) in [6.45, 7) is 18.2. The molecule has 4 rings (SSSR count). The van der Waals surface area contributed by atoms with Crippen molar-refractivity contribution in [2.75, 3.05) is 54.0 Å². The minimum atomic E-state index is -1.42. The number of Topliss-reactive ketones (excluding diaryl/α,β-unsaturated/α-hetero) is 1. The number of aromatic nitrogens is 1. The molecule has 284 valence electrons. The summed E-state index contributed by atoms with van der Waals surface area (Å²) >= 11 is 0. The highest BCUT2D eigenvalue weighted by Crippen LogP contribution is 2.38. The van der Waals surface area contributed by atoms with Gasteiger partial charge in [-0.3, -0.25) is 24.4 Å². The second kappa shape index (κ2) is 17.7. The van der Waals surface area contributed by atoms with Crippen molar-refractivity contribution < 1.29 is 33.6 Å². The molecule has 0 aromatic carbocycles. The van der Waals surface area contributed by atoms with E-state index in [4.69, 9.17) is 18.9 Å². The van der Waals surface area contributed by atoms with E-state index in [0.717, 1.165) is 58.4 Å². The largest absolute Gasteiger partial charge is 0.463 e. The third kappa shape index (κ3) is 9.70. The topological polar surface area (TPSA) is 114 Å². The highest BCUT2D eigenvalue weighted by atomic mass is 16.7. The zero-order valence-electron chi connectivity index (χ0n) is 32.5. The number of nitrogens with zero attached hydrogens (tertiary/aromatic N) is 4. The van der Waals surface area contributed by atoms with Crippen LogP contribution in [0.1, 0.15) is 91.7 Å². The van der Waals surface area contributed by atoms with Gasteiger partial charge < -0.3 is 29.0 Å². The van der Waals surface area contributed by atoms with Crippen LogP contribution in [0.3, 0.4) is 0 Å². The summed E-state index contributed by atoms with van der Waals surface area (Å²) in [6, 6.07) is 1.97. The lowest BCUT2D eigenvalue weighted by Crippen LogP contribution is -2.59. The normalized spacial score (nSPS) is 35.1. The molecule has 11 heteroatoms. The minimum absolute atomic E-state index is 0.0165. The lowest BCUT2D eigenvalue weighted by Gasteiger charge is -2.47. The molecular weight excluding hydrogens is 636 g/mol. The molecule has 0 unspecified atom stereocenters. The summed E-state index contributed by atoms with van der Waals surface area (Å²) in [7, 11) is 5.52. The zero-order chi connectivity index (χ0) is 36.8. The number of carbonyl (C=O) groups is 2. The van der Waals surface area contributed by atoms with Crippen molar-refractivity contribution in [2.45, 2.75) is 136 Å². The molecular formula is C39H66N4O7. The van der Waals surface area contributed by atoms with Crippen molar-refractivity contribution in [1.82, 2.24) is 19.7 Å². The molecule has 0 saturated carbocycles. The van der Waals surface area contributed by atoms with Gasteiger partial charge in [-0.15, -0.1) is 0 Å². The van der Waals surface area contributed by atoms with Gasteiger partial charge in [0, 0.05) is 57.1 Å². The number of aliphatic hydroxyl groups is 1. The Balaban J connectivity index is 1.58. The first-order valence-electron chi connectivity index (χ1n) is 18.9. The number of pyridine rings is 1. The number of methoxy groups -OCH3 is 1. The van der Waals surface area contributed by atoms with Gasteiger partial charge in [0.25, 0.3) is 0 Å². The summed E-state index contributed by atoms with van der Waals surface area (Å²) in [5, 5.41) is 11.4. The summed E-state index contributed by atoms with van der Waals surface area (Å²) < 4.78 is 25.3. The van der Waals surface area contributed by atoms with Crippen LogP contribution in [0, 0.1) is 17.3 Å². The van der Waals surface area contributed by atoms with E-state index < -0.39 is 41.4 Å². The van der Waals surface area contributed by atoms with Gasteiger partial charge in [0.15, 0.2) is 12.1 Å². The quantitative estimate of drug-likeness (QED) is 0.278. The molecule has 0 bridgehead atoms. The number of ketones is 1. The molecule has 1 aromatic rings. The number of cyclic esters (lactones) is 1. The molecule has 1 aromatic heterocycles. The number of hydrogen-bond acceptors (Lipinski definition) is 11. The van der Waals surface area contributed by atoms with Crippen molar-refractivity contribution in [3.8, 4) is 0 Å². The predicted molar refractivity (Wildman–Crippen MR) is 194 cm³/mol. The van der Waals surface area contributed by atoms with Gasteiger partial charge in [0.1, 0.15) is 18.1 Å². The number of fused-ring (bicyclic) bond motifs is 1. The molecule has 4 heterocycles. The fraction of sp³-hybridized carbons (Fsp3) is 0.821. The van der Waals surface area contributed by atoms with Crippen molar-refractivity contribution in [1.29, 1.82) is 0 Å². The molecule has 0 amide bonds. The monoisotopic (exact) mass is 702 g/mol. The number of ether oxygens (including phenoxy) is 4. The van der Waals surface area contributed by atoms with Gasteiger partial charge in [0.2, 0.25) is 0 Å². The Hall–Kier alpha value is -1.99. The van der Waals surface area contributed by atoms with Crippen LogP contribution in [0.4, 0.5) is 0 Å². The maximum Gasteiger partial charge on any atom is 0.319 e. The Morgan fingerprint density at radius 2 is 1.86 bits per heavy atom. The maximum atomic E-state index is 14.4. The first kappa shape index (κ1) is 40.8. The molecule has 2 saturated heterocycles. The number of esters is 1. The average Bonchev–Trinajstić information content (AvgIpc) is 3.08. The van der Waals surface area contributed by atoms with Gasteiger partial charge in [0.05, 0.1) is 17.8 Å². The van der Waals surface area contributed by atoms with Crippen molar-refractivity contribution in [3.05, 3.63) is 29.6 Å². The van der Waals surface area contributed by atoms with E-state index in [2.05, 4.69) is 34.7 Å². The van der Waals surface area contributed by atoms with Crippen molar-refractivity contribution >= 4 is 11.8 Å². The first-order chi connectivity index (χ1) is 23.6. The van der Waals surface area contributed by atoms with E-state index in [-0.39, 0.29) is 36.5 Å². The van der Waals surface area contributed by atoms with Gasteiger partial charge in [-0.25, -0.2) is 0 Å². The number of aliphatic hydroxyl groups excluding tert-OH is 1. The van der Waals surface area contributed by atoms with Gasteiger partial charge in [-0.1, -0.05) is 20.8 Å². The molecule has 0 spiro atoms. The Bertz CT molecular complexity index is 1260. The molecule has 9 atom stereocenters. The van der Waals surface area contributed by atoms with Crippen molar-refractivity contribution in [2.24, 2.45) is 17.3 Å². The van der Waals surface area contributed by atoms with Gasteiger partial charge in [-0.05, 0) is 117 Å². The smallest absolute Gasteiger partial charge is 0.319 e. The number of carbonyl (C=O) groups excluding carboxylic acids is 2. The Kier molecular flexibility index (Phi) is 14.4. The van der Waals surface area contributed by atoms with Crippen LogP contribution < -0.4 is 0 Å². The average molecular weight is 703 g/mol. The van der Waals surface area contributed by atoms with E-state index >= 15 is 0 Å². The molecule has 3 aliphatic heterocycles. The fourth-order valence-electron chi connectivity index (χ4n) is 8.48. The molecule has 1 N–H and O–H groups in total. The minimum Gasteiger partial charge on any atom is -0.463 e. The van der Waals surface area contributed by atoms with E-state index in [1.807, 2.05) is 45.2 Å². The molecule has 0 aliphatic carbocycles. The molecule has 2 fully saturated rings. The van der Waals surface area contributed by atoms with Crippen molar-refractivity contribution in [3.63, 3.8) is 0 Å². The summed E-state index contributed by atoms with van der Waals surface area (Å²) in [6.07, 6.45) is 6.09. The molecule has 0 radical (unpaired) electrons. The van der Waals surface area contributed by atoms with Crippen LogP contribution in [-0.2, 0) is 41.5 Å². The van der Waals surface area contributed by atoms with E-state index in [1.165, 1.54) is 11.1 Å². The van der Waals surface area contributed by atoms with Gasteiger partial charge in [-0.2, -0.15) is 0 Å². The molecule has 3 aliphatic rings. The lowest BCUT2D eigenvalue weighted by atomic mass is 9.74. The van der Waals surface area contributed by atoms with Gasteiger partial charge >= 0.3 is 5.97 Å². The third-order valence-electron chi connectivity index (χ3n) is 11.5. The summed E-state index contributed by atoms with van der Waals surface area (Å²) in [5.41, 5.74) is 0.348. The number of rotatable bonds is 10. The van der Waals surface area contributed by atoms with E-state index in [0.29, 0.717) is 12.8 Å². The number of hydrogen-bond donors (Lipinski definition) is 1. The highest BCUT2D eigenvalue weighted by molar-refractivity contribution is 6.04. The van der Waals surface area contributed by atoms with Crippen LogP contribution in [-0.4, -0.2) is 133 Å². The second-order valence-corrected chi connectivity index (χ2v) is 16.3. The maximum absolute atomic E-state index is 14.4. The van der Waals surface area contributed by atoms with Crippen LogP contribution in [0.2, 0.25) is 0 Å². The van der Waals surface area contributed by atoms with Crippen LogP contribution in [0.15, 0.2) is 18.5 Å². The Morgan fingerprint density at radius 1 is 1.12 bits per heavy atom. The predicted octanol–water partition coefficient (Wildman–Crippen LogP) is 4.33. The first-order valence-corrected chi connectivity index (χ1v) is 18.9. The summed E-state index contributed by atoms with van der Waals surface area (Å²) in [4.78, 5) is 39.4. The number of likely N-dealkylation sites (N-methyl/N-ethyl adjacent to an activating group) is 1. The van der Waals surface area contributed by atoms with Crippen LogP contribution in [0.25, 0.3) is 0 Å². The van der Waals surface area contributed by atoms with E-state index in [9.17, 15) is 14.7 Å². The zero-order valence-corrected chi connectivity index (χ0v) is 32.5. The van der Waals surface area contributed by atoms with E-state index in [1.54, 1.807) is 27.9 Å². The van der Waals surface area contributed by atoms with Crippen LogP contribution in [0.5, 0.6) is 0 Å². The Labute approximate surface area is 301 Å². The SMILES string of the molecule is CCCN1C[C@H](C)C[C@@](C)(OC)[C@H](O[C@@H]2O[C@H](C)C[C@H](N(C)C)[C@H]2O)[C@@H](C)C(=O)C(C)(C)C(=O)OC[C@H]1CCCN1CCc2cnccc2C1. The van der Waals surface area contributed by atoms with Crippen LogP contribution >= 0.6 is 0 Å². The molecule has 11 nitrogen and oxygen atoms in total.